The molecule has 0 unspecified atom stereocenters. The van der Waals surface area contributed by atoms with Crippen LogP contribution in [0.15, 0.2) is 110 Å². The van der Waals surface area contributed by atoms with Crippen molar-refractivity contribution in [1.29, 1.82) is 10.5 Å². The molecule has 12 nitrogen and oxygen atoms in total. The van der Waals surface area contributed by atoms with E-state index < -0.39 is 30.0 Å². The van der Waals surface area contributed by atoms with Gasteiger partial charge in [0.2, 0.25) is 0 Å². The molecule has 9 rings (SSSR count). The Labute approximate surface area is 381 Å². The summed E-state index contributed by atoms with van der Waals surface area (Å²) in [6.07, 6.45) is 6.21. The fourth-order valence-corrected chi connectivity index (χ4v) is 7.34. The third-order valence-electron chi connectivity index (χ3n) is 10.4. The van der Waals surface area contributed by atoms with Crippen molar-refractivity contribution in [1.82, 2.24) is 29.9 Å². The quantitative estimate of drug-likeness (QED) is 0.159. The molecule has 18 heteroatoms. The van der Waals surface area contributed by atoms with Gasteiger partial charge in [0.15, 0.2) is 5.15 Å². The van der Waals surface area contributed by atoms with Crippen molar-refractivity contribution in [2.45, 2.75) is 38.9 Å². The maximum Gasteiger partial charge on any atom is 0.497 e. The van der Waals surface area contributed by atoms with Crippen LogP contribution >= 0.6 is 34.8 Å². The van der Waals surface area contributed by atoms with Gasteiger partial charge in [-0.1, -0.05) is 65.1 Å². The highest BCUT2D eigenvalue weighted by atomic mass is 35.5. The van der Waals surface area contributed by atoms with Crippen molar-refractivity contribution in [3.8, 4) is 45.9 Å². The van der Waals surface area contributed by atoms with Crippen molar-refractivity contribution in [3.63, 3.8) is 0 Å². The number of halogens is 5. The van der Waals surface area contributed by atoms with E-state index in [2.05, 4.69) is 29.9 Å². The van der Waals surface area contributed by atoms with Gasteiger partial charge in [0.05, 0.1) is 61.5 Å². The molecule has 1 saturated heterocycles. The van der Waals surface area contributed by atoms with Gasteiger partial charge in [0, 0.05) is 45.3 Å². The molecule has 0 atom stereocenters. The van der Waals surface area contributed by atoms with E-state index in [1.165, 1.54) is 30.6 Å². The molecule has 5 heterocycles. The van der Waals surface area contributed by atoms with Gasteiger partial charge in [-0.2, -0.15) is 10.5 Å². The molecular weight excluding hydrogens is 880 g/mol. The molecule has 0 saturated carbocycles. The summed E-state index contributed by atoms with van der Waals surface area (Å²) in [5.74, 6) is -0.820. The standard InChI is InChI=1S/C20H11ClFN5.C13H15BFNO2.C13H8Cl2N4/c21-15-8-13(7-11-4-2-6-25-18(11)15)19-20(27-16(24)10-26-19)14-5-1-3-12(9-23)17(14)22;1-12(2)13(3,4)18-14(17-12)10-7-5-6-9(8-16)11(10)15;14-9-5-8(4-7-2-1-3-17-11(7)9)12-13(15)19-10(16)6-18-12/h1-8,10H,(H2,24,27);5-7H,1-4H3;1-6H,(H2,16,19). The van der Waals surface area contributed by atoms with Gasteiger partial charge in [-0.25, -0.2) is 23.7 Å². The van der Waals surface area contributed by atoms with E-state index in [1.54, 1.807) is 48.8 Å². The topological polar surface area (TPSA) is 195 Å². The Kier molecular flexibility index (Phi) is 13.0. The molecule has 0 radical (unpaired) electrons. The first-order chi connectivity index (χ1) is 30.5. The molecule has 1 fully saturated rings. The van der Waals surface area contributed by atoms with Gasteiger partial charge in [0.25, 0.3) is 0 Å². The SMILES string of the molecule is CC1(C)OB(c2cccc(C#N)c2F)OC1(C)C.N#Cc1cccc(-c2nc(N)cnc2-c2cc(Cl)c3ncccc3c2)c1F.Nc1cnc(-c2cc(Cl)c3ncccc3c2)c(Cl)n1. The summed E-state index contributed by atoms with van der Waals surface area (Å²) in [6.45, 7) is 7.61. The lowest BCUT2D eigenvalue weighted by atomic mass is 9.78. The van der Waals surface area contributed by atoms with E-state index in [0.29, 0.717) is 32.5 Å². The van der Waals surface area contributed by atoms with Crippen molar-refractivity contribution in [3.05, 3.63) is 148 Å². The minimum atomic E-state index is -0.775. The van der Waals surface area contributed by atoms with Crippen LogP contribution in [-0.4, -0.2) is 48.2 Å². The molecule has 1 aliphatic rings. The third kappa shape index (κ3) is 9.26. The highest BCUT2D eigenvalue weighted by Gasteiger charge is 2.52. The summed E-state index contributed by atoms with van der Waals surface area (Å²) < 4.78 is 40.3. The lowest BCUT2D eigenvalue weighted by molar-refractivity contribution is 0.00578. The molecule has 0 amide bonds. The van der Waals surface area contributed by atoms with Crippen LogP contribution in [-0.2, 0) is 9.31 Å². The first kappa shape index (κ1) is 45.2. The number of hydrogen-bond donors (Lipinski definition) is 2. The normalized spacial score (nSPS) is 13.6. The second-order valence-electron chi connectivity index (χ2n) is 15.2. The summed E-state index contributed by atoms with van der Waals surface area (Å²) in [7, 11) is -0.775. The molecule has 4 N–H and O–H groups in total. The molecule has 0 spiro atoms. The van der Waals surface area contributed by atoms with E-state index in [4.69, 9.17) is 66.1 Å². The van der Waals surface area contributed by atoms with Crippen LogP contribution < -0.4 is 16.9 Å². The predicted molar refractivity (Wildman–Crippen MR) is 246 cm³/mol. The smallest absolute Gasteiger partial charge is 0.399 e. The highest BCUT2D eigenvalue weighted by molar-refractivity contribution is 6.62. The molecule has 0 aliphatic carbocycles. The molecule has 4 aromatic heterocycles. The average Bonchev–Trinajstić information content (AvgIpc) is 3.49. The summed E-state index contributed by atoms with van der Waals surface area (Å²) in [6, 6.07) is 27.5. The van der Waals surface area contributed by atoms with Crippen LogP contribution in [0, 0.1) is 34.3 Å². The Balaban J connectivity index is 0.000000148. The van der Waals surface area contributed by atoms with Gasteiger partial charge in [-0.15, -0.1) is 0 Å². The molecule has 0 bridgehead atoms. The van der Waals surface area contributed by atoms with E-state index in [0.717, 1.165) is 21.9 Å². The molecule has 1 aliphatic heterocycles. The van der Waals surface area contributed by atoms with Gasteiger partial charge in [-0.3, -0.25) is 15.0 Å². The monoisotopic (exact) mass is 912 g/mol. The van der Waals surface area contributed by atoms with Crippen LogP contribution in [0.4, 0.5) is 20.4 Å². The lowest BCUT2D eigenvalue weighted by Crippen LogP contribution is -2.41. The molecule has 64 heavy (non-hydrogen) atoms. The number of aromatic nitrogens is 6. The summed E-state index contributed by atoms with van der Waals surface area (Å²) in [4.78, 5) is 25.3. The summed E-state index contributed by atoms with van der Waals surface area (Å²) >= 11 is 18.6. The second kappa shape index (κ2) is 18.5. The fourth-order valence-electron chi connectivity index (χ4n) is 6.53. The number of fused-ring (bicyclic) bond motifs is 2. The number of hydrogen-bond acceptors (Lipinski definition) is 12. The number of rotatable bonds is 4. The van der Waals surface area contributed by atoms with E-state index >= 15 is 0 Å². The van der Waals surface area contributed by atoms with Crippen molar-refractivity contribution in [2.75, 3.05) is 11.5 Å². The van der Waals surface area contributed by atoms with Crippen molar-refractivity contribution in [2.24, 2.45) is 0 Å². The van der Waals surface area contributed by atoms with Gasteiger partial charge in [0.1, 0.15) is 46.8 Å². The zero-order valence-corrected chi connectivity index (χ0v) is 36.7. The number of benzene rings is 4. The minimum Gasteiger partial charge on any atom is -0.399 e. The van der Waals surface area contributed by atoms with Crippen LogP contribution in [0.25, 0.3) is 55.6 Å². The Morgan fingerprint density at radius 2 is 1.11 bits per heavy atom. The molecular formula is C46H34BCl3F2N10O2. The maximum atomic E-state index is 14.8. The zero-order chi connectivity index (χ0) is 45.9. The molecule has 4 aromatic carbocycles. The van der Waals surface area contributed by atoms with Crippen LogP contribution in [0.5, 0.6) is 0 Å². The van der Waals surface area contributed by atoms with Crippen molar-refractivity contribution >= 4 is 80.8 Å². The van der Waals surface area contributed by atoms with Crippen molar-refractivity contribution < 1.29 is 18.1 Å². The Morgan fingerprint density at radius 3 is 1.66 bits per heavy atom. The number of pyridine rings is 2. The second-order valence-corrected chi connectivity index (χ2v) is 16.4. The Hall–Kier alpha value is -6.85. The highest BCUT2D eigenvalue weighted by Crippen LogP contribution is 2.38. The average molecular weight is 914 g/mol. The number of nitriles is 2. The van der Waals surface area contributed by atoms with Crippen LogP contribution in [0.1, 0.15) is 38.8 Å². The number of anilines is 2. The Bertz CT molecular complexity index is 3170. The van der Waals surface area contributed by atoms with Gasteiger partial charge < -0.3 is 20.8 Å². The molecule has 8 aromatic rings. The third-order valence-corrected chi connectivity index (χ3v) is 11.3. The molecule has 318 valence electrons. The largest absolute Gasteiger partial charge is 0.497 e. The van der Waals surface area contributed by atoms with Gasteiger partial charge in [-0.05, 0) is 82.3 Å². The maximum absolute atomic E-state index is 14.8. The van der Waals surface area contributed by atoms with E-state index in [9.17, 15) is 8.78 Å². The van der Waals surface area contributed by atoms with E-state index in [1.807, 2.05) is 70.2 Å². The van der Waals surface area contributed by atoms with Crippen LogP contribution in [0.2, 0.25) is 15.2 Å². The summed E-state index contributed by atoms with van der Waals surface area (Å²) in [5.41, 5.74) is 14.6. The van der Waals surface area contributed by atoms with Gasteiger partial charge >= 0.3 is 7.12 Å². The Morgan fingerprint density at radius 1 is 0.609 bits per heavy atom. The number of nitrogens with zero attached hydrogens (tertiary/aromatic N) is 8. The lowest BCUT2D eigenvalue weighted by Gasteiger charge is -2.32. The summed E-state index contributed by atoms with van der Waals surface area (Å²) in [5, 5.41) is 20.9. The first-order valence-electron chi connectivity index (χ1n) is 19.2. The first-order valence-corrected chi connectivity index (χ1v) is 20.4. The minimum absolute atomic E-state index is 0.00205. The predicted octanol–water partition coefficient (Wildman–Crippen LogP) is 10.2. The number of nitrogen functional groups attached to an aromatic ring is 2. The van der Waals surface area contributed by atoms with E-state index in [-0.39, 0.29) is 44.6 Å². The fraction of sp³-hybridized carbons (Fsp3) is 0.130. The zero-order valence-electron chi connectivity index (χ0n) is 34.4. The van der Waals surface area contributed by atoms with Crippen LogP contribution in [0.3, 0.4) is 0 Å². The number of nitrogens with two attached hydrogens (primary N) is 2.